The van der Waals surface area contributed by atoms with E-state index in [9.17, 15) is 4.39 Å². The first-order chi connectivity index (χ1) is 10.8. The molecule has 0 aromatic heterocycles. The Morgan fingerprint density at radius 1 is 1.17 bits per heavy atom. The SMILES string of the molecule is CC(C)(CCSS)c1c(C(C)(C)C2CC2)cc(F)c2c1CCC2. The Balaban J connectivity index is 2.17. The topological polar surface area (TPSA) is 0 Å². The molecule has 2 aliphatic carbocycles. The molecule has 0 spiro atoms. The Morgan fingerprint density at radius 2 is 1.83 bits per heavy atom. The first-order valence-electron chi connectivity index (χ1n) is 8.90. The van der Waals surface area contributed by atoms with Crippen LogP contribution < -0.4 is 0 Å². The van der Waals surface area contributed by atoms with Gasteiger partial charge in [-0.15, -0.1) is 11.7 Å². The molecule has 1 aromatic rings. The van der Waals surface area contributed by atoms with E-state index in [4.69, 9.17) is 0 Å². The molecule has 0 aliphatic heterocycles. The standard InChI is InChI=1S/C20H29FS2/c1-19(2,10-11-23-22)18-15-7-5-6-14(15)17(21)12-16(18)20(3,4)13-8-9-13/h12-13,22H,5-11H2,1-4H3. The summed E-state index contributed by atoms with van der Waals surface area (Å²) in [5.41, 5.74) is 5.25. The number of benzene rings is 1. The summed E-state index contributed by atoms with van der Waals surface area (Å²) < 4.78 is 14.8. The molecule has 3 rings (SSSR count). The molecule has 0 heterocycles. The van der Waals surface area contributed by atoms with Crippen LogP contribution in [0.3, 0.4) is 0 Å². The van der Waals surface area contributed by atoms with E-state index >= 15 is 0 Å². The zero-order chi connectivity index (χ0) is 16.8. The monoisotopic (exact) mass is 352 g/mol. The van der Waals surface area contributed by atoms with Crippen LogP contribution in [-0.2, 0) is 23.7 Å². The van der Waals surface area contributed by atoms with Gasteiger partial charge in [-0.3, -0.25) is 0 Å². The van der Waals surface area contributed by atoms with Gasteiger partial charge in [-0.1, -0.05) is 38.5 Å². The third-order valence-electron chi connectivity index (χ3n) is 6.14. The fourth-order valence-electron chi connectivity index (χ4n) is 4.46. The van der Waals surface area contributed by atoms with Crippen molar-refractivity contribution in [3.05, 3.63) is 34.1 Å². The highest BCUT2D eigenvalue weighted by Gasteiger charge is 2.43. The first-order valence-corrected chi connectivity index (χ1v) is 10.9. The van der Waals surface area contributed by atoms with Gasteiger partial charge in [0.15, 0.2) is 0 Å². The molecule has 0 radical (unpaired) electrons. The maximum Gasteiger partial charge on any atom is 0.126 e. The number of hydrogen-bond acceptors (Lipinski definition) is 2. The minimum Gasteiger partial charge on any atom is -0.207 e. The summed E-state index contributed by atoms with van der Waals surface area (Å²) >= 11 is 4.32. The smallest absolute Gasteiger partial charge is 0.126 e. The van der Waals surface area contributed by atoms with Crippen LogP contribution in [0, 0.1) is 11.7 Å². The van der Waals surface area contributed by atoms with Gasteiger partial charge in [-0.25, -0.2) is 4.39 Å². The van der Waals surface area contributed by atoms with E-state index in [0.29, 0.717) is 0 Å². The average Bonchev–Trinajstić information content (AvgIpc) is 3.23. The van der Waals surface area contributed by atoms with Crippen molar-refractivity contribution in [1.29, 1.82) is 0 Å². The van der Waals surface area contributed by atoms with Crippen LogP contribution in [0.2, 0.25) is 0 Å². The van der Waals surface area contributed by atoms with Gasteiger partial charge in [0.2, 0.25) is 0 Å². The lowest BCUT2D eigenvalue weighted by Crippen LogP contribution is -2.30. The van der Waals surface area contributed by atoms with E-state index in [1.165, 1.54) is 29.5 Å². The summed E-state index contributed by atoms with van der Waals surface area (Å²) in [6, 6.07) is 1.90. The summed E-state index contributed by atoms with van der Waals surface area (Å²) in [6.45, 7) is 9.34. The third-order valence-corrected chi connectivity index (χ3v) is 7.07. The van der Waals surface area contributed by atoms with Gasteiger partial charge in [0, 0.05) is 5.75 Å². The lowest BCUT2D eigenvalue weighted by Gasteiger charge is -2.37. The van der Waals surface area contributed by atoms with Gasteiger partial charge in [0.1, 0.15) is 5.82 Å². The Bertz CT molecular complexity index is 600. The maximum absolute atomic E-state index is 14.8. The van der Waals surface area contributed by atoms with Crippen molar-refractivity contribution in [2.45, 2.75) is 77.0 Å². The quantitative estimate of drug-likeness (QED) is 0.466. The highest BCUT2D eigenvalue weighted by atomic mass is 33.1. The van der Waals surface area contributed by atoms with E-state index in [0.717, 1.165) is 42.9 Å². The number of hydrogen-bond donors (Lipinski definition) is 1. The Hall–Kier alpha value is -0.150. The van der Waals surface area contributed by atoms with Gasteiger partial charge in [-0.05, 0) is 83.6 Å². The van der Waals surface area contributed by atoms with Crippen molar-refractivity contribution in [1.82, 2.24) is 0 Å². The summed E-state index contributed by atoms with van der Waals surface area (Å²) in [5.74, 6) is 1.80. The molecule has 0 nitrogen and oxygen atoms in total. The van der Waals surface area contributed by atoms with Crippen LogP contribution in [0.5, 0.6) is 0 Å². The molecule has 0 saturated heterocycles. The molecule has 23 heavy (non-hydrogen) atoms. The van der Waals surface area contributed by atoms with Crippen molar-refractivity contribution >= 4 is 22.5 Å². The maximum atomic E-state index is 14.8. The van der Waals surface area contributed by atoms with E-state index in [1.807, 2.05) is 6.07 Å². The van der Waals surface area contributed by atoms with Gasteiger partial charge < -0.3 is 0 Å². The normalized spacial score (nSPS) is 18.3. The van der Waals surface area contributed by atoms with Gasteiger partial charge in [0.05, 0.1) is 0 Å². The molecule has 1 saturated carbocycles. The van der Waals surface area contributed by atoms with E-state index in [2.05, 4.69) is 39.4 Å². The summed E-state index contributed by atoms with van der Waals surface area (Å²) in [7, 11) is 1.61. The van der Waals surface area contributed by atoms with Crippen LogP contribution >= 0.6 is 22.5 Å². The minimum atomic E-state index is 0.0457. The second-order valence-electron chi connectivity index (χ2n) is 8.55. The van der Waals surface area contributed by atoms with Crippen LogP contribution in [0.25, 0.3) is 0 Å². The van der Waals surface area contributed by atoms with Gasteiger partial charge in [0.25, 0.3) is 0 Å². The first kappa shape index (κ1) is 17.7. The molecular weight excluding hydrogens is 323 g/mol. The summed E-state index contributed by atoms with van der Waals surface area (Å²) in [5, 5.41) is 0. The molecule has 2 aliphatic rings. The van der Waals surface area contributed by atoms with Crippen molar-refractivity contribution in [3.8, 4) is 0 Å². The number of halogens is 1. The van der Waals surface area contributed by atoms with Gasteiger partial charge >= 0.3 is 0 Å². The lowest BCUT2D eigenvalue weighted by atomic mass is 9.68. The fraction of sp³-hybridized carbons (Fsp3) is 0.700. The van der Waals surface area contributed by atoms with Gasteiger partial charge in [-0.2, -0.15) is 0 Å². The number of rotatable bonds is 6. The number of thiol groups is 1. The van der Waals surface area contributed by atoms with E-state index in [1.54, 1.807) is 10.8 Å². The van der Waals surface area contributed by atoms with Crippen LogP contribution in [0.15, 0.2) is 6.07 Å². The second kappa shape index (κ2) is 6.29. The zero-order valence-electron chi connectivity index (χ0n) is 14.8. The predicted octanol–water partition coefficient (Wildman–Crippen LogP) is 6.25. The predicted molar refractivity (Wildman–Crippen MR) is 103 cm³/mol. The molecule has 0 N–H and O–H groups in total. The van der Waals surface area contributed by atoms with Crippen molar-refractivity contribution in [2.24, 2.45) is 5.92 Å². The van der Waals surface area contributed by atoms with Crippen LogP contribution in [0.4, 0.5) is 4.39 Å². The highest BCUT2D eigenvalue weighted by Crippen LogP contribution is 2.51. The Morgan fingerprint density at radius 3 is 2.43 bits per heavy atom. The van der Waals surface area contributed by atoms with E-state index in [-0.39, 0.29) is 16.6 Å². The van der Waals surface area contributed by atoms with Crippen LogP contribution in [0.1, 0.15) is 75.6 Å². The van der Waals surface area contributed by atoms with Crippen LogP contribution in [-0.4, -0.2) is 5.75 Å². The minimum absolute atomic E-state index is 0.0457. The Labute approximate surface area is 149 Å². The summed E-state index contributed by atoms with van der Waals surface area (Å²) in [6.07, 6.45) is 6.73. The summed E-state index contributed by atoms with van der Waals surface area (Å²) in [4.78, 5) is 0. The zero-order valence-corrected chi connectivity index (χ0v) is 16.5. The molecular formula is C20H29FS2. The average molecular weight is 353 g/mol. The Kier molecular flexibility index (Phi) is 4.83. The van der Waals surface area contributed by atoms with Crippen molar-refractivity contribution in [3.63, 3.8) is 0 Å². The fourth-order valence-corrected chi connectivity index (χ4v) is 5.34. The van der Waals surface area contributed by atoms with Crippen molar-refractivity contribution in [2.75, 3.05) is 5.75 Å². The molecule has 1 aromatic carbocycles. The second-order valence-corrected chi connectivity index (χ2v) is 10.00. The lowest BCUT2D eigenvalue weighted by molar-refractivity contribution is 0.420. The molecule has 0 unspecified atom stereocenters. The molecule has 0 bridgehead atoms. The molecule has 1 fully saturated rings. The van der Waals surface area contributed by atoms with E-state index < -0.39 is 0 Å². The molecule has 0 atom stereocenters. The highest BCUT2D eigenvalue weighted by molar-refractivity contribution is 8.68. The number of fused-ring (bicyclic) bond motifs is 1. The third kappa shape index (κ3) is 3.20. The molecule has 3 heteroatoms. The largest absolute Gasteiger partial charge is 0.207 e. The van der Waals surface area contributed by atoms with Crippen molar-refractivity contribution < 1.29 is 4.39 Å². The molecule has 0 amide bonds. The molecule has 128 valence electrons.